The van der Waals surface area contributed by atoms with Gasteiger partial charge in [-0.1, -0.05) is 12.1 Å². The van der Waals surface area contributed by atoms with Gasteiger partial charge in [0.2, 0.25) is 5.91 Å². The van der Waals surface area contributed by atoms with E-state index in [0.717, 1.165) is 37.8 Å². The molecular formula is C17H23N3O. The first-order chi connectivity index (χ1) is 10.1. The Labute approximate surface area is 126 Å². The summed E-state index contributed by atoms with van der Waals surface area (Å²) < 4.78 is 0. The van der Waals surface area contributed by atoms with Crippen LogP contribution in [0.3, 0.4) is 0 Å². The van der Waals surface area contributed by atoms with Crippen LogP contribution in [0.5, 0.6) is 0 Å². The van der Waals surface area contributed by atoms with Crippen LogP contribution in [0.1, 0.15) is 36.8 Å². The minimum absolute atomic E-state index is 0.149. The van der Waals surface area contributed by atoms with E-state index in [0.29, 0.717) is 18.0 Å². The van der Waals surface area contributed by atoms with Crippen molar-refractivity contribution in [3.63, 3.8) is 0 Å². The summed E-state index contributed by atoms with van der Waals surface area (Å²) in [5, 5.41) is 8.79. The number of carbonyl (C=O) groups is 1. The van der Waals surface area contributed by atoms with E-state index >= 15 is 0 Å². The molecule has 0 spiro atoms. The summed E-state index contributed by atoms with van der Waals surface area (Å²) in [7, 11) is 1.86. The van der Waals surface area contributed by atoms with Crippen LogP contribution in [0.4, 0.5) is 0 Å². The second-order valence-corrected chi connectivity index (χ2v) is 5.96. The fourth-order valence-electron chi connectivity index (χ4n) is 2.99. The van der Waals surface area contributed by atoms with E-state index in [1.165, 1.54) is 0 Å². The van der Waals surface area contributed by atoms with Crippen molar-refractivity contribution in [1.29, 1.82) is 5.26 Å². The Morgan fingerprint density at radius 2 is 1.90 bits per heavy atom. The summed E-state index contributed by atoms with van der Waals surface area (Å²) >= 11 is 0. The molecule has 2 N–H and O–H groups in total. The topological polar surface area (TPSA) is 70.1 Å². The monoisotopic (exact) mass is 285 g/mol. The van der Waals surface area contributed by atoms with Gasteiger partial charge in [0.25, 0.3) is 0 Å². The number of nitrogens with zero attached hydrogens (tertiary/aromatic N) is 2. The van der Waals surface area contributed by atoms with Crippen LogP contribution in [0.2, 0.25) is 0 Å². The van der Waals surface area contributed by atoms with Crippen molar-refractivity contribution in [3.05, 3.63) is 35.4 Å². The molecule has 0 heterocycles. The van der Waals surface area contributed by atoms with Crippen LogP contribution in [-0.4, -0.2) is 24.4 Å². The standard InChI is InChI=1S/C17H23N3O/c1-20(12-15-4-2-13(10-18)3-5-15)17(21)16-8-6-14(11-19)7-9-16/h2-5,14,16H,6-9,11-12,19H2,1H3. The molecule has 1 aliphatic carbocycles. The molecular weight excluding hydrogens is 262 g/mol. The zero-order valence-corrected chi connectivity index (χ0v) is 12.6. The number of nitriles is 1. The van der Waals surface area contributed by atoms with Crippen LogP contribution in [0, 0.1) is 23.2 Å². The number of nitrogens with two attached hydrogens (primary N) is 1. The van der Waals surface area contributed by atoms with E-state index in [9.17, 15) is 4.79 Å². The van der Waals surface area contributed by atoms with E-state index in [4.69, 9.17) is 11.0 Å². The number of benzene rings is 1. The van der Waals surface area contributed by atoms with Gasteiger partial charge in [0.05, 0.1) is 11.6 Å². The van der Waals surface area contributed by atoms with Gasteiger partial charge in [0, 0.05) is 19.5 Å². The van der Waals surface area contributed by atoms with E-state index in [1.54, 1.807) is 17.0 Å². The zero-order valence-electron chi connectivity index (χ0n) is 12.6. The lowest BCUT2D eigenvalue weighted by Crippen LogP contribution is -2.35. The lowest BCUT2D eigenvalue weighted by atomic mass is 9.81. The molecule has 0 saturated heterocycles. The fraction of sp³-hybridized carbons (Fsp3) is 0.529. The minimum atomic E-state index is 0.149. The summed E-state index contributed by atoms with van der Waals surface area (Å²) in [6, 6.07) is 9.51. The number of hydrogen-bond donors (Lipinski definition) is 1. The Morgan fingerprint density at radius 1 is 1.29 bits per heavy atom. The summed E-state index contributed by atoms with van der Waals surface area (Å²) in [4.78, 5) is 14.3. The van der Waals surface area contributed by atoms with Crippen LogP contribution < -0.4 is 5.73 Å². The van der Waals surface area contributed by atoms with E-state index < -0.39 is 0 Å². The first kappa shape index (κ1) is 15.5. The Hall–Kier alpha value is -1.86. The van der Waals surface area contributed by atoms with Crippen molar-refractivity contribution in [2.75, 3.05) is 13.6 Å². The highest BCUT2D eigenvalue weighted by atomic mass is 16.2. The molecule has 4 heteroatoms. The SMILES string of the molecule is CN(Cc1ccc(C#N)cc1)C(=O)C1CCC(CN)CC1. The Bertz CT molecular complexity index is 510. The molecule has 1 amide bonds. The highest BCUT2D eigenvalue weighted by molar-refractivity contribution is 5.78. The lowest BCUT2D eigenvalue weighted by molar-refractivity contribution is -0.136. The molecule has 0 aliphatic heterocycles. The van der Waals surface area contributed by atoms with Gasteiger partial charge in [-0.2, -0.15) is 5.26 Å². The van der Waals surface area contributed by atoms with Crippen molar-refractivity contribution in [1.82, 2.24) is 4.90 Å². The van der Waals surface area contributed by atoms with Crippen LogP contribution in [0.25, 0.3) is 0 Å². The third kappa shape index (κ3) is 4.05. The van der Waals surface area contributed by atoms with Gasteiger partial charge >= 0.3 is 0 Å². The minimum Gasteiger partial charge on any atom is -0.341 e. The maximum atomic E-state index is 12.5. The molecule has 0 bridgehead atoms. The maximum Gasteiger partial charge on any atom is 0.225 e. The number of hydrogen-bond acceptors (Lipinski definition) is 3. The molecule has 0 radical (unpaired) electrons. The van der Waals surface area contributed by atoms with Crippen molar-refractivity contribution in [2.45, 2.75) is 32.2 Å². The van der Waals surface area contributed by atoms with E-state index in [2.05, 4.69) is 6.07 Å². The summed E-state index contributed by atoms with van der Waals surface area (Å²) in [6.45, 7) is 1.34. The third-order valence-corrected chi connectivity index (χ3v) is 4.41. The smallest absolute Gasteiger partial charge is 0.225 e. The summed E-state index contributed by atoms with van der Waals surface area (Å²) in [5.74, 6) is 0.976. The first-order valence-electron chi connectivity index (χ1n) is 7.58. The van der Waals surface area contributed by atoms with Crippen LogP contribution in [-0.2, 0) is 11.3 Å². The Balaban J connectivity index is 1.89. The molecule has 1 aromatic carbocycles. The van der Waals surface area contributed by atoms with Crippen molar-refractivity contribution in [2.24, 2.45) is 17.6 Å². The fourth-order valence-corrected chi connectivity index (χ4v) is 2.99. The van der Waals surface area contributed by atoms with Gasteiger partial charge in [0.1, 0.15) is 0 Å². The molecule has 0 aromatic heterocycles. The second kappa shape index (κ2) is 7.24. The zero-order chi connectivity index (χ0) is 15.2. The number of rotatable bonds is 4. The quantitative estimate of drug-likeness (QED) is 0.922. The average Bonchev–Trinajstić information content (AvgIpc) is 2.55. The van der Waals surface area contributed by atoms with Gasteiger partial charge in [-0.15, -0.1) is 0 Å². The normalized spacial score (nSPS) is 21.6. The largest absolute Gasteiger partial charge is 0.341 e. The molecule has 1 saturated carbocycles. The molecule has 2 rings (SSSR count). The number of amides is 1. The molecule has 0 unspecified atom stereocenters. The van der Waals surface area contributed by atoms with E-state index in [-0.39, 0.29) is 11.8 Å². The van der Waals surface area contributed by atoms with Crippen molar-refractivity contribution < 1.29 is 4.79 Å². The highest BCUT2D eigenvalue weighted by Gasteiger charge is 2.27. The van der Waals surface area contributed by atoms with E-state index in [1.807, 2.05) is 19.2 Å². The van der Waals surface area contributed by atoms with Gasteiger partial charge in [0.15, 0.2) is 0 Å². The second-order valence-electron chi connectivity index (χ2n) is 5.96. The van der Waals surface area contributed by atoms with Gasteiger partial charge < -0.3 is 10.6 Å². The molecule has 4 nitrogen and oxygen atoms in total. The van der Waals surface area contributed by atoms with Crippen molar-refractivity contribution in [3.8, 4) is 6.07 Å². The van der Waals surface area contributed by atoms with Crippen LogP contribution >= 0.6 is 0 Å². The predicted molar refractivity (Wildman–Crippen MR) is 82.1 cm³/mol. The molecule has 21 heavy (non-hydrogen) atoms. The Morgan fingerprint density at radius 3 is 2.43 bits per heavy atom. The summed E-state index contributed by atoms with van der Waals surface area (Å²) in [6.07, 6.45) is 4.05. The maximum absolute atomic E-state index is 12.5. The number of carbonyl (C=O) groups excluding carboxylic acids is 1. The van der Waals surface area contributed by atoms with Gasteiger partial charge in [-0.05, 0) is 55.8 Å². The molecule has 1 aliphatic rings. The Kier molecular flexibility index (Phi) is 5.35. The highest BCUT2D eigenvalue weighted by Crippen LogP contribution is 2.29. The van der Waals surface area contributed by atoms with Crippen LogP contribution in [0.15, 0.2) is 24.3 Å². The van der Waals surface area contributed by atoms with Gasteiger partial charge in [-0.3, -0.25) is 4.79 Å². The molecule has 0 atom stereocenters. The molecule has 112 valence electrons. The van der Waals surface area contributed by atoms with Gasteiger partial charge in [-0.25, -0.2) is 0 Å². The van der Waals surface area contributed by atoms with Crippen molar-refractivity contribution >= 4 is 5.91 Å². The third-order valence-electron chi connectivity index (χ3n) is 4.41. The average molecular weight is 285 g/mol. The summed E-state index contributed by atoms with van der Waals surface area (Å²) in [5.41, 5.74) is 7.39. The lowest BCUT2D eigenvalue weighted by Gasteiger charge is -2.30. The molecule has 1 aromatic rings. The predicted octanol–water partition coefficient (Wildman–Crippen LogP) is 2.28. The first-order valence-corrected chi connectivity index (χ1v) is 7.58. The molecule has 1 fully saturated rings.